The first-order valence-electron chi connectivity index (χ1n) is 14.1. The molecule has 224 valence electrons. The van der Waals surface area contributed by atoms with Crippen molar-refractivity contribution in [3.8, 4) is 5.75 Å². The van der Waals surface area contributed by atoms with E-state index in [1.165, 1.54) is 23.1 Å². The van der Waals surface area contributed by atoms with Crippen LogP contribution in [0.1, 0.15) is 43.2 Å². The van der Waals surface area contributed by atoms with Gasteiger partial charge in [-0.3, -0.25) is 13.9 Å². The Morgan fingerprint density at radius 1 is 0.952 bits per heavy atom. The molecule has 42 heavy (non-hydrogen) atoms. The number of ether oxygens (including phenoxy) is 1. The van der Waals surface area contributed by atoms with Crippen LogP contribution in [-0.4, -0.2) is 57.1 Å². The van der Waals surface area contributed by atoms with Gasteiger partial charge in [-0.25, -0.2) is 12.8 Å². The Kier molecular flexibility index (Phi) is 10.6. The summed E-state index contributed by atoms with van der Waals surface area (Å²) >= 11 is 0. The smallest absolute Gasteiger partial charge is 0.244 e. The fraction of sp³-hybridized carbons (Fsp3) is 0.375. The zero-order chi connectivity index (χ0) is 30.1. The number of nitrogens with zero attached hydrogens (tertiary/aromatic N) is 2. The lowest BCUT2D eigenvalue weighted by Gasteiger charge is -2.35. The number of halogens is 1. The van der Waals surface area contributed by atoms with Crippen LogP contribution in [0.2, 0.25) is 0 Å². The van der Waals surface area contributed by atoms with Gasteiger partial charge in [0.25, 0.3) is 0 Å². The first kappa shape index (κ1) is 31.0. The number of nitrogens with one attached hydrogen (secondary N) is 1. The van der Waals surface area contributed by atoms with Gasteiger partial charge in [0, 0.05) is 19.0 Å². The van der Waals surface area contributed by atoms with Crippen LogP contribution < -0.4 is 14.4 Å². The largest absolute Gasteiger partial charge is 0.497 e. The Hall–Kier alpha value is -3.92. The third-order valence-electron chi connectivity index (χ3n) is 7.49. The summed E-state index contributed by atoms with van der Waals surface area (Å²) < 4.78 is 46.0. The number of carbonyl (C=O) groups is 2. The molecule has 3 aromatic rings. The summed E-state index contributed by atoms with van der Waals surface area (Å²) in [6.07, 6.45) is 6.12. The van der Waals surface area contributed by atoms with E-state index in [2.05, 4.69) is 5.32 Å². The first-order chi connectivity index (χ1) is 20.1. The van der Waals surface area contributed by atoms with Crippen LogP contribution in [-0.2, 0) is 32.6 Å². The number of hydrogen-bond donors (Lipinski definition) is 1. The minimum Gasteiger partial charge on any atom is -0.497 e. The van der Waals surface area contributed by atoms with E-state index >= 15 is 0 Å². The highest BCUT2D eigenvalue weighted by Gasteiger charge is 2.34. The third-order valence-corrected chi connectivity index (χ3v) is 8.63. The molecule has 1 saturated carbocycles. The number of anilines is 1. The molecular weight excluding hydrogens is 557 g/mol. The molecule has 0 unspecified atom stereocenters. The molecule has 1 N–H and O–H groups in total. The quantitative estimate of drug-likeness (QED) is 0.328. The molecule has 0 aromatic heterocycles. The standard InChI is InChI=1S/C32H38FN3O5S/c1-41-29-18-9-13-25(19-29)22-35(31(37)23-36(42(2,39)40)28-17-10-14-26(33)21-28)30(20-24-11-5-3-6-12-24)32(38)34-27-15-7-4-8-16-27/h3,5-6,9-14,17-19,21,27,30H,4,7-8,15-16,20,22-23H2,1-2H3,(H,34,38)/t30-/m0/s1. The van der Waals surface area contributed by atoms with E-state index in [0.29, 0.717) is 11.3 Å². The SMILES string of the molecule is COc1cccc(CN(C(=O)CN(c2cccc(F)c2)S(C)(=O)=O)[C@@H](Cc2ccccc2)C(=O)NC2CCCCC2)c1. The number of amides is 2. The number of sulfonamides is 1. The molecule has 4 rings (SSSR count). The third kappa shape index (κ3) is 8.55. The Labute approximate surface area is 247 Å². The van der Waals surface area contributed by atoms with Crippen molar-refractivity contribution in [2.24, 2.45) is 0 Å². The van der Waals surface area contributed by atoms with Crippen molar-refractivity contribution in [3.05, 3.63) is 95.8 Å². The van der Waals surface area contributed by atoms with Gasteiger partial charge in [0.2, 0.25) is 21.8 Å². The van der Waals surface area contributed by atoms with Gasteiger partial charge in [-0.2, -0.15) is 0 Å². The zero-order valence-electron chi connectivity index (χ0n) is 24.0. The molecule has 0 bridgehead atoms. The van der Waals surface area contributed by atoms with Crippen molar-refractivity contribution >= 4 is 27.5 Å². The van der Waals surface area contributed by atoms with Crippen molar-refractivity contribution < 1.29 is 27.1 Å². The molecule has 0 spiro atoms. The van der Waals surface area contributed by atoms with Crippen LogP contribution in [0, 0.1) is 5.82 Å². The van der Waals surface area contributed by atoms with Crippen molar-refractivity contribution in [2.75, 3.05) is 24.2 Å². The first-order valence-corrected chi connectivity index (χ1v) is 16.0. The highest BCUT2D eigenvalue weighted by Crippen LogP contribution is 2.23. The second kappa shape index (κ2) is 14.3. The monoisotopic (exact) mass is 595 g/mol. The molecule has 0 aliphatic heterocycles. The summed E-state index contributed by atoms with van der Waals surface area (Å²) in [6.45, 7) is -0.569. The maximum Gasteiger partial charge on any atom is 0.244 e. The minimum absolute atomic E-state index is 0.0121. The van der Waals surface area contributed by atoms with E-state index in [1.807, 2.05) is 36.4 Å². The molecule has 10 heteroatoms. The highest BCUT2D eigenvalue weighted by molar-refractivity contribution is 7.92. The van der Waals surface area contributed by atoms with Crippen LogP contribution in [0.25, 0.3) is 0 Å². The van der Waals surface area contributed by atoms with Gasteiger partial charge in [0.05, 0.1) is 19.1 Å². The van der Waals surface area contributed by atoms with Crippen LogP contribution in [0.15, 0.2) is 78.9 Å². The van der Waals surface area contributed by atoms with Gasteiger partial charge < -0.3 is 15.0 Å². The lowest BCUT2D eigenvalue weighted by atomic mass is 9.94. The predicted octanol–water partition coefficient (Wildman–Crippen LogP) is 4.69. The normalized spacial score (nSPS) is 14.5. The molecule has 2 amide bonds. The molecule has 1 fully saturated rings. The van der Waals surface area contributed by atoms with Gasteiger partial charge in [-0.1, -0.05) is 67.8 Å². The number of rotatable bonds is 12. The molecule has 1 aliphatic rings. The Morgan fingerprint density at radius 3 is 2.31 bits per heavy atom. The zero-order valence-corrected chi connectivity index (χ0v) is 24.9. The molecule has 0 heterocycles. The van der Waals surface area contributed by atoms with Crippen LogP contribution in [0.4, 0.5) is 10.1 Å². The van der Waals surface area contributed by atoms with Gasteiger partial charge >= 0.3 is 0 Å². The van der Waals surface area contributed by atoms with Gasteiger partial charge in [0.15, 0.2) is 0 Å². The lowest BCUT2D eigenvalue weighted by Crippen LogP contribution is -2.55. The summed E-state index contributed by atoms with van der Waals surface area (Å²) in [7, 11) is -2.43. The number of carbonyl (C=O) groups excluding carboxylic acids is 2. The van der Waals surface area contributed by atoms with Crippen LogP contribution in [0.3, 0.4) is 0 Å². The van der Waals surface area contributed by atoms with E-state index in [0.717, 1.165) is 54.3 Å². The topological polar surface area (TPSA) is 96.0 Å². The molecule has 1 atom stereocenters. The van der Waals surface area contributed by atoms with Crippen LogP contribution in [0.5, 0.6) is 5.75 Å². The van der Waals surface area contributed by atoms with E-state index in [9.17, 15) is 22.4 Å². The van der Waals surface area contributed by atoms with Crippen molar-refractivity contribution in [1.29, 1.82) is 0 Å². The van der Waals surface area contributed by atoms with E-state index in [-0.39, 0.29) is 30.6 Å². The van der Waals surface area contributed by atoms with Crippen molar-refractivity contribution in [2.45, 2.75) is 57.2 Å². The van der Waals surface area contributed by atoms with Crippen LogP contribution >= 0.6 is 0 Å². The average Bonchev–Trinajstić information content (AvgIpc) is 2.98. The minimum atomic E-state index is -3.98. The molecule has 0 radical (unpaired) electrons. The lowest BCUT2D eigenvalue weighted by molar-refractivity contribution is -0.140. The maximum atomic E-state index is 14.2. The Balaban J connectivity index is 1.73. The van der Waals surface area contributed by atoms with Gasteiger partial charge in [-0.05, 0) is 54.3 Å². The van der Waals surface area contributed by atoms with E-state index in [1.54, 1.807) is 25.3 Å². The molecule has 3 aromatic carbocycles. The highest BCUT2D eigenvalue weighted by atomic mass is 32.2. The number of hydrogen-bond acceptors (Lipinski definition) is 5. The fourth-order valence-electron chi connectivity index (χ4n) is 5.31. The predicted molar refractivity (Wildman–Crippen MR) is 161 cm³/mol. The van der Waals surface area contributed by atoms with Crippen molar-refractivity contribution in [3.63, 3.8) is 0 Å². The summed E-state index contributed by atoms with van der Waals surface area (Å²) in [5, 5.41) is 3.17. The maximum absolute atomic E-state index is 14.2. The summed E-state index contributed by atoms with van der Waals surface area (Å²) in [5.41, 5.74) is 1.59. The van der Waals surface area contributed by atoms with Crippen molar-refractivity contribution in [1.82, 2.24) is 10.2 Å². The molecule has 8 nitrogen and oxygen atoms in total. The van der Waals surface area contributed by atoms with Gasteiger partial charge in [-0.15, -0.1) is 0 Å². The average molecular weight is 596 g/mol. The molecular formula is C32H38FN3O5S. The molecule has 1 aliphatic carbocycles. The summed E-state index contributed by atoms with van der Waals surface area (Å²) in [4.78, 5) is 29.5. The second-order valence-electron chi connectivity index (χ2n) is 10.7. The second-order valence-corrected chi connectivity index (χ2v) is 12.6. The summed E-state index contributed by atoms with van der Waals surface area (Å²) in [5.74, 6) is -0.926. The summed E-state index contributed by atoms with van der Waals surface area (Å²) in [6, 6.07) is 20.7. The number of benzene rings is 3. The Morgan fingerprint density at radius 2 is 1.64 bits per heavy atom. The van der Waals surface area contributed by atoms with E-state index in [4.69, 9.17) is 4.74 Å². The van der Waals surface area contributed by atoms with E-state index < -0.39 is 34.3 Å². The molecule has 0 saturated heterocycles. The number of methoxy groups -OCH3 is 1. The fourth-order valence-corrected chi connectivity index (χ4v) is 6.15. The van der Waals surface area contributed by atoms with Gasteiger partial charge in [0.1, 0.15) is 24.2 Å². The Bertz CT molecular complexity index is 1460.